The van der Waals surface area contributed by atoms with Gasteiger partial charge in [0.05, 0.1) is 30.4 Å². The summed E-state index contributed by atoms with van der Waals surface area (Å²) in [5.74, 6) is -0.750. The lowest BCUT2D eigenvalue weighted by molar-refractivity contribution is 0.0600. The molecule has 90 valence electrons. The lowest BCUT2D eigenvalue weighted by Gasteiger charge is -2.12. The second-order valence-corrected chi connectivity index (χ2v) is 3.96. The number of esters is 1. The summed E-state index contributed by atoms with van der Waals surface area (Å²) in [6, 6.07) is 1.77. The van der Waals surface area contributed by atoms with Gasteiger partial charge in [-0.05, 0) is 0 Å². The maximum atomic E-state index is 11.5. The van der Waals surface area contributed by atoms with Gasteiger partial charge in [0.2, 0.25) is 0 Å². The minimum absolute atomic E-state index is 0.0430. The SMILES string of the molecule is COC(=O)c1c(Cl)c(Cl)c(OC)c(Cl)c1C#N. The van der Waals surface area contributed by atoms with E-state index in [-0.39, 0.29) is 31.9 Å². The second kappa shape index (κ2) is 5.46. The van der Waals surface area contributed by atoms with E-state index in [1.807, 2.05) is 0 Å². The summed E-state index contributed by atoms with van der Waals surface area (Å²) in [4.78, 5) is 11.5. The second-order valence-electron chi connectivity index (χ2n) is 2.83. The van der Waals surface area contributed by atoms with Crippen molar-refractivity contribution in [3.8, 4) is 11.8 Å². The number of halogens is 3. The molecule has 0 aliphatic rings. The highest BCUT2D eigenvalue weighted by Crippen LogP contribution is 2.43. The molecular weight excluding hydrogens is 288 g/mol. The van der Waals surface area contributed by atoms with Gasteiger partial charge in [-0.15, -0.1) is 0 Å². The number of hydrogen-bond donors (Lipinski definition) is 0. The molecule has 1 aromatic rings. The van der Waals surface area contributed by atoms with Gasteiger partial charge in [-0.3, -0.25) is 0 Å². The van der Waals surface area contributed by atoms with Crippen molar-refractivity contribution >= 4 is 40.8 Å². The Hall–Kier alpha value is -1.15. The van der Waals surface area contributed by atoms with E-state index in [2.05, 4.69) is 4.74 Å². The quantitative estimate of drug-likeness (QED) is 0.620. The van der Waals surface area contributed by atoms with Gasteiger partial charge in [-0.1, -0.05) is 34.8 Å². The first kappa shape index (κ1) is 13.9. The van der Waals surface area contributed by atoms with Gasteiger partial charge in [0, 0.05) is 0 Å². The highest BCUT2D eigenvalue weighted by Gasteiger charge is 2.26. The van der Waals surface area contributed by atoms with Gasteiger partial charge in [0.25, 0.3) is 0 Å². The number of rotatable bonds is 2. The zero-order valence-corrected chi connectivity index (χ0v) is 11.1. The molecule has 0 saturated heterocycles. The van der Waals surface area contributed by atoms with E-state index in [1.54, 1.807) is 6.07 Å². The number of benzene rings is 1. The smallest absolute Gasteiger partial charge is 0.340 e. The molecule has 0 bridgehead atoms. The fraction of sp³-hybridized carbons (Fsp3) is 0.200. The topological polar surface area (TPSA) is 59.3 Å². The standard InChI is InChI=1S/C10H6Cl3NO3/c1-16-9-6(11)4(3-14)5(10(15)17-2)7(12)8(9)13/h1-2H3. The van der Waals surface area contributed by atoms with Crippen LogP contribution >= 0.6 is 34.8 Å². The summed E-state index contributed by atoms with van der Waals surface area (Å²) in [7, 11) is 2.48. The number of ether oxygens (including phenoxy) is 2. The zero-order valence-electron chi connectivity index (χ0n) is 8.81. The van der Waals surface area contributed by atoms with Crippen LogP contribution in [0, 0.1) is 11.3 Å². The van der Waals surface area contributed by atoms with Gasteiger partial charge in [-0.2, -0.15) is 5.26 Å². The first-order valence-corrected chi connectivity index (χ1v) is 5.35. The molecule has 0 spiro atoms. The predicted octanol–water partition coefficient (Wildman–Crippen LogP) is 3.31. The molecule has 0 fully saturated rings. The monoisotopic (exact) mass is 293 g/mol. The molecule has 0 aliphatic carbocycles. The van der Waals surface area contributed by atoms with Crippen molar-refractivity contribution in [1.29, 1.82) is 5.26 Å². The van der Waals surface area contributed by atoms with Crippen LogP contribution < -0.4 is 4.74 Å². The zero-order chi connectivity index (χ0) is 13.2. The van der Waals surface area contributed by atoms with E-state index in [0.717, 1.165) is 7.11 Å². The molecule has 1 rings (SSSR count). The minimum Gasteiger partial charge on any atom is -0.494 e. The van der Waals surface area contributed by atoms with E-state index in [1.165, 1.54) is 7.11 Å². The number of hydrogen-bond acceptors (Lipinski definition) is 4. The molecule has 0 saturated carbocycles. The van der Waals surface area contributed by atoms with Crippen molar-refractivity contribution in [2.45, 2.75) is 0 Å². The van der Waals surface area contributed by atoms with Gasteiger partial charge < -0.3 is 9.47 Å². The summed E-state index contributed by atoms with van der Waals surface area (Å²) < 4.78 is 9.43. The van der Waals surface area contributed by atoms with E-state index >= 15 is 0 Å². The molecule has 0 heterocycles. The molecule has 0 unspecified atom stereocenters. The third-order valence-electron chi connectivity index (χ3n) is 1.99. The molecule has 7 heteroatoms. The van der Waals surface area contributed by atoms with Crippen molar-refractivity contribution in [3.63, 3.8) is 0 Å². The Balaban J connectivity index is 3.74. The summed E-state index contributed by atoms with van der Waals surface area (Å²) >= 11 is 17.7. The van der Waals surface area contributed by atoms with Crippen molar-refractivity contribution in [1.82, 2.24) is 0 Å². The van der Waals surface area contributed by atoms with Gasteiger partial charge in [-0.25, -0.2) is 4.79 Å². The molecule has 0 atom stereocenters. The van der Waals surface area contributed by atoms with Crippen LogP contribution in [0.25, 0.3) is 0 Å². The average molecular weight is 295 g/mol. The van der Waals surface area contributed by atoms with Crippen molar-refractivity contribution in [3.05, 3.63) is 26.2 Å². The molecular formula is C10H6Cl3NO3. The van der Waals surface area contributed by atoms with Gasteiger partial charge >= 0.3 is 5.97 Å². The van der Waals surface area contributed by atoms with Crippen molar-refractivity contribution in [2.75, 3.05) is 14.2 Å². The summed E-state index contributed by atoms with van der Waals surface area (Å²) in [5.41, 5.74) is -0.308. The van der Waals surface area contributed by atoms with E-state index < -0.39 is 5.97 Å². The first-order chi connectivity index (χ1) is 7.99. The van der Waals surface area contributed by atoms with Crippen LogP contribution in [0.15, 0.2) is 0 Å². The van der Waals surface area contributed by atoms with E-state index in [9.17, 15) is 4.79 Å². The maximum absolute atomic E-state index is 11.5. The molecule has 0 N–H and O–H groups in total. The van der Waals surface area contributed by atoms with Crippen LogP contribution in [-0.4, -0.2) is 20.2 Å². The molecule has 4 nitrogen and oxygen atoms in total. The Kier molecular flexibility index (Phi) is 4.47. The number of nitrogens with zero attached hydrogens (tertiary/aromatic N) is 1. The third-order valence-corrected chi connectivity index (χ3v) is 3.18. The number of carbonyl (C=O) groups excluding carboxylic acids is 1. The number of carbonyl (C=O) groups is 1. The molecule has 0 aromatic heterocycles. The van der Waals surface area contributed by atoms with E-state index in [0.29, 0.717) is 0 Å². The lowest BCUT2D eigenvalue weighted by atomic mass is 10.1. The van der Waals surface area contributed by atoms with Crippen molar-refractivity contribution in [2.24, 2.45) is 0 Å². The molecule has 0 aliphatic heterocycles. The normalized spacial score (nSPS) is 9.65. The molecule has 0 amide bonds. The minimum atomic E-state index is -0.794. The summed E-state index contributed by atoms with van der Waals surface area (Å²) in [6.45, 7) is 0. The first-order valence-electron chi connectivity index (χ1n) is 4.22. The third kappa shape index (κ3) is 2.27. The Morgan fingerprint density at radius 2 is 1.76 bits per heavy atom. The lowest BCUT2D eigenvalue weighted by Crippen LogP contribution is -2.07. The van der Waals surface area contributed by atoms with Crippen LogP contribution in [0.2, 0.25) is 15.1 Å². The van der Waals surface area contributed by atoms with E-state index in [4.69, 9.17) is 44.8 Å². The van der Waals surface area contributed by atoms with Crippen molar-refractivity contribution < 1.29 is 14.3 Å². The summed E-state index contributed by atoms with van der Waals surface area (Å²) in [5, 5.41) is 8.73. The Labute approximate surface area is 113 Å². The van der Waals surface area contributed by atoms with Crippen LogP contribution in [0.4, 0.5) is 0 Å². The fourth-order valence-corrected chi connectivity index (χ4v) is 2.10. The molecule has 17 heavy (non-hydrogen) atoms. The predicted molar refractivity (Wildman–Crippen MR) is 64.1 cm³/mol. The average Bonchev–Trinajstić information content (AvgIpc) is 2.33. The fourth-order valence-electron chi connectivity index (χ4n) is 1.22. The largest absolute Gasteiger partial charge is 0.494 e. The van der Waals surface area contributed by atoms with Crippen LogP contribution in [0.1, 0.15) is 15.9 Å². The Bertz CT molecular complexity index is 523. The number of methoxy groups -OCH3 is 2. The maximum Gasteiger partial charge on any atom is 0.340 e. The highest BCUT2D eigenvalue weighted by molar-refractivity contribution is 6.47. The number of nitriles is 1. The highest BCUT2D eigenvalue weighted by atomic mass is 35.5. The molecule has 0 radical (unpaired) electrons. The summed E-state index contributed by atoms with van der Waals surface area (Å²) in [6.07, 6.45) is 0. The van der Waals surface area contributed by atoms with Crippen LogP contribution in [-0.2, 0) is 4.74 Å². The van der Waals surface area contributed by atoms with Crippen LogP contribution in [0.5, 0.6) is 5.75 Å². The van der Waals surface area contributed by atoms with Gasteiger partial charge in [0.1, 0.15) is 16.1 Å². The van der Waals surface area contributed by atoms with Crippen LogP contribution in [0.3, 0.4) is 0 Å². The Morgan fingerprint density at radius 1 is 1.18 bits per heavy atom. The molecule has 1 aromatic carbocycles. The van der Waals surface area contributed by atoms with Gasteiger partial charge in [0.15, 0.2) is 5.75 Å². The Morgan fingerprint density at radius 3 is 2.18 bits per heavy atom.